The monoisotopic (exact) mass is 295 g/mol. The standard InChI is InChI=1S/C12H27P.C3H8ClN/c1-4-7-10-13(11-8-5-2)12-9-6-3;1-3(2,4)5/h4-12H2,1-3H3;5H2,1-2H3. The zero-order chi connectivity index (χ0) is 14.4. The van der Waals surface area contributed by atoms with Crippen LogP contribution in [0.1, 0.15) is 73.1 Å². The minimum absolute atomic E-state index is 0.422. The molecule has 0 aromatic carbocycles. The molecule has 0 amide bonds. The summed E-state index contributed by atoms with van der Waals surface area (Å²) in [5.41, 5.74) is 5.12. The van der Waals surface area contributed by atoms with Gasteiger partial charge in [-0.2, -0.15) is 0 Å². The van der Waals surface area contributed by atoms with Crippen LogP contribution in [0.15, 0.2) is 0 Å². The molecule has 0 aliphatic carbocycles. The maximum Gasteiger partial charge on any atom is 0.0853 e. The number of hydrogen-bond acceptors (Lipinski definition) is 1. The van der Waals surface area contributed by atoms with E-state index in [2.05, 4.69) is 20.8 Å². The first-order valence-electron chi connectivity index (χ1n) is 7.55. The van der Waals surface area contributed by atoms with Crippen LogP contribution in [0.2, 0.25) is 0 Å². The van der Waals surface area contributed by atoms with Crippen LogP contribution in [0.25, 0.3) is 0 Å². The summed E-state index contributed by atoms with van der Waals surface area (Å²) >= 11 is 5.31. The van der Waals surface area contributed by atoms with Gasteiger partial charge >= 0.3 is 0 Å². The molecule has 0 radical (unpaired) electrons. The van der Waals surface area contributed by atoms with Gasteiger partial charge in [-0.05, 0) is 51.6 Å². The van der Waals surface area contributed by atoms with E-state index >= 15 is 0 Å². The van der Waals surface area contributed by atoms with Crippen LogP contribution in [0.4, 0.5) is 0 Å². The number of nitrogens with two attached hydrogens (primary N) is 1. The molecular formula is C15H35ClNP. The molecule has 18 heavy (non-hydrogen) atoms. The van der Waals surface area contributed by atoms with E-state index < -0.39 is 5.00 Å². The first-order valence-corrected chi connectivity index (χ1v) is 9.82. The van der Waals surface area contributed by atoms with Crippen LogP contribution in [-0.4, -0.2) is 23.5 Å². The lowest BCUT2D eigenvalue weighted by Gasteiger charge is -2.16. The summed E-state index contributed by atoms with van der Waals surface area (Å²) in [6, 6.07) is 0. The lowest BCUT2D eigenvalue weighted by molar-refractivity contribution is 0.743. The first-order chi connectivity index (χ1) is 8.35. The van der Waals surface area contributed by atoms with Crippen molar-refractivity contribution in [3.05, 3.63) is 0 Å². The molecule has 0 bridgehead atoms. The quantitative estimate of drug-likeness (QED) is 0.325. The second-order valence-corrected chi connectivity index (χ2v) is 9.12. The highest BCUT2D eigenvalue weighted by Gasteiger charge is 2.05. The van der Waals surface area contributed by atoms with E-state index in [0.717, 1.165) is 0 Å². The summed E-state index contributed by atoms with van der Waals surface area (Å²) in [6.45, 7) is 10.4. The van der Waals surface area contributed by atoms with Gasteiger partial charge in [0.05, 0.1) is 5.00 Å². The van der Waals surface area contributed by atoms with E-state index in [-0.39, 0.29) is 0 Å². The van der Waals surface area contributed by atoms with E-state index in [1.165, 1.54) is 38.5 Å². The summed E-state index contributed by atoms with van der Waals surface area (Å²) in [5, 5.41) is 0. The van der Waals surface area contributed by atoms with Gasteiger partial charge in [-0.15, -0.1) is 19.5 Å². The predicted octanol–water partition coefficient (Wildman–Crippen LogP) is 5.79. The molecular weight excluding hydrogens is 261 g/mol. The number of halogens is 1. The molecule has 2 N–H and O–H groups in total. The summed E-state index contributed by atoms with van der Waals surface area (Å²) < 4.78 is 0. The Bertz CT molecular complexity index is 132. The van der Waals surface area contributed by atoms with Crippen LogP contribution in [-0.2, 0) is 0 Å². The van der Waals surface area contributed by atoms with Crippen LogP contribution < -0.4 is 5.73 Å². The van der Waals surface area contributed by atoms with E-state index in [0.29, 0.717) is 7.92 Å². The highest BCUT2D eigenvalue weighted by molar-refractivity contribution is 7.57. The van der Waals surface area contributed by atoms with Crippen LogP contribution in [0.3, 0.4) is 0 Å². The van der Waals surface area contributed by atoms with E-state index in [9.17, 15) is 0 Å². The average molecular weight is 296 g/mol. The Morgan fingerprint density at radius 3 is 1.22 bits per heavy atom. The van der Waals surface area contributed by atoms with Gasteiger partial charge in [0.15, 0.2) is 0 Å². The van der Waals surface area contributed by atoms with Crippen molar-refractivity contribution in [2.45, 2.75) is 78.1 Å². The number of unbranched alkanes of at least 4 members (excludes halogenated alkanes) is 3. The van der Waals surface area contributed by atoms with Gasteiger partial charge in [0, 0.05) is 0 Å². The number of hydrogen-bond donors (Lipinski definition) is 1. The second-order valence-electron chi connectivity index (χ2n) is 5.47. The van der Waals surface area contributed by atoms with Gasteiger partial charge < -0.3 is 5.73 Å². The highest BCUT2D eigenvalue weighted by Crippen LogP contribution is 2.38. The molecule has 0 unspecified atom stereocenters. The molecule has 0 aliphatic heterocycles. The third-order valence-corrected chi connectivity index (χ3v) is 5.33. The van der Waals surface area contributed by atoms with Crippen molar-refractivity contribution in [2.24, 2.45) is 5.73 Å². The van der Waals surface area contributed by atoms with Gasteiger partial charge in [-0.3, -0.25) is 0 Å². The molecule has 0 saturated heterocycles. The van der Waals surface area contributed by atoms with Gasteiger partial charge in [-0.25, -0.2) is 0 Å². The zero-order valence-electron chi connectivity index (χ0n) is 13.3. The zero-order valence-corrected chi connectivity index (χ0v) is 14.9. The summed E-state index contributed by atoms with van der Waals surface area (Å²) in [5.74, 6) is 0. The Morgan fingerprint density at radius 2 is 1.06 bits per heavy atom. The van der Waals surface area contributed by atoms with Crippen molar-refractivity contribution in [3.63, 3.8) is 0 Å². The predicted molar refractivity (Wildman–Crippen MR) is 90.4 cm³/mol. The fraction of sp³-hybridized carbons (Fsp3) is 1.00. The molecule has 0 aliphatic rings. The minimum atomic E-state index is -0.528. The van der Waals surface area contributed by atoms with Gasteiger partial charge in [0.25, 0.3) is 0 Å². The fourth-order valence-electron chi connectivity index (χ4n) is 1.48. The molecule has 0 aromatic heterocycles. The van der Waals surface area contributed by atoms with E-state index in [4.69, 9.17) is 17.3 Å². The van der Waals surface area contributed by atoms with Gasteiger partial charge in [0.2, 0.25) is 0 Å². The van der Waals surface area contributed by atoms with Gasteiger partial charge in [0.1, 0.15) is 0 Å². The second kappa shape index (κ2) is 14.1. The highest BCUT2D eigenvalue weighted by atomic mass is 35.5. The third-order valence-electron chi connectivity index (χ3n) is 2.48. The Morgan fingerprint density at radius 1 is 0.833 bits per heavy atom. The molecule has 0 spiro atoms. The summed E-state index contributed by atoms with van der Waals surface area (Å²) in [7, 11) is 0.422. The van der Waals surface area contributed by atoms with Crippen molar-refractivity contribution < 1.29 is 0 Å². The summed E-state index contributed by atoms with van der Waals surface area (Å²) in [6.07, 6.45) is 13.2. The molecule has 112 valence electrons. The first kappa shape index (κ1) is 21.0. The lowest BCUT2D eigenvalue weighted by Crippen LogP contribution is -2.22. The van der Waals surface area contributed by atoms with E-state index in [1.807, 2.05) is 0 Å². The normalized spacial score (nSPS) is 11.3. The van der Waals surface area contributed by atoms with E-state index in [1.54, 1.807) is 32.3 Å². The molecule has 0 fully saturated rings. The Kier molecular flexibility index (Phi) is 16.4. The number of alkyl halides is 1. The molecule has 0 heterocycles. The molecule has 1 nitrogen and oxygen atoms in total. The maximum atomic E-state index is 5.31. The Hall–Kier alpha value is 0.680. The van der Waals surface area contributed by atoms with Crippen molar-refractivity contribution in [1.82, 2.24) is 0 Å². The fourth-order valence-corrected chi connectivity index (χ4v) is 4.44. The van der Waals surface area contributed by atoms with Crippen molar-refractivity contribution in [3.8, 4) is 0 Å². The van der Waals surface area contributed by atoms with Crippen LogP contribution >= 0.6 is 19.5 Å². The maximum absolute atomic E-state index is 5.31. The van der Waals surface area contributed by atoms with Crippen LogP contribution in [0.5, 0.6) is 0 Å². The SMILES string of the molecule is CC(C)(N)Cl.CCCCP(CCCC)CCCC. The molecule has 0 rings (SSSR count). The average Bonchev–Trinajstić information content (AvgIpc) is 2.26. The third kappa shape index (κ3) is 25.5. The molecule has 3 heteroatoms. The molecule has 0 aromatic rings. The largest absolute Gasteiger partial charge is 0.313 e. The van der Waals surface area contributed by atoms with Crippen LogP contribution in [0, 0.1) is 0 Å². The minimum Gasteiger partial charge on any atom is -0.313 e. The van der Waals surface area contributed by atoms with Crippen molar-refractivity contribution in [2.75, 3.05) is 18.5 Å². The Balaban J connectivity index is 0. The number of rotatable bonds is 9. The topological polar surface area (TPSA) is 26.0 Å². The Labute approximate surface area is 122 Å². The molecule has 0 saturated carbocycles. The smallest absolute Gasteiger partial charge is 0.0853 e. The van der Waals surface area contributed by atoms with Gasteiger partial charge in [-0.1, -0.05) is 40.0 Å². The van der Waals surface area contributed by atoms with Crippen molar-refractivity contribution in [1.29, 1.82) is 0 Å². The molecule has 0 atom stereocenters. The van der Waals surface area contributed by atoms with Crippen molar-refractivity contribution >= 4 is 19.5 Å². The lowest BCUT2D eigenvalue weighted by atomic mass is 10.4. The summed E-state index contributed by atoms with van der Waals surface area (Å²) in [4.78, 5) is -0.528.